The Kier molecular flexibility index (Phi) is 20.9. The molecule has 0 saturated heterocycles. The second-order valence-electron chi connectivity index (χ2n) is 1.70. The van der Waals surface area contributed by atoms with E-state index in [0.29, 0.717) is 11.4 Å². The van der Waals surface area contributed by atoms with E-state index in [0.717, 1.165) is 4.02 Å². The van der Waals surface area contributed by atoms with Crippen molar-refractivity contribution >= 4 is 10.2 Å². The summed E-state index contributed by atoms with van der Waals surface area (Å²) in [5, 5.41) is 0. The van der Waals surface area contributed by atoms with Gasteiger partial charge in [-0.15, -0.1) is 0 Å². The zero-order valence-electron chi connectivity index (χ0n) is 8.75. The summed E-state index contributed by atoms with van der Waals surface area (Å²) in [5.74, 6) is 0. The van der Waals surface area contributed by atoms with Crippen LogP contribution < -0.4 is 0 Å². The molecule has 1 N–H and O–H groups in total. The van der Waals surface area contributed by atoms with Gasteiger partial charge in [-0.05, 0) is 0 Å². The van der Waals surface area contributed by atoms with Gasteiger partial charge in [0.1, 0.15) is 0 Å². The Bertz CT molecular complexity index is 239. The van der Waals surface area contributed by atoms with Crippen LogP contribution in [-0.2, 0) is 36.6 Å². The smallest absolute Gasteiger partial charge is 0 e. The van der Waals surface area contributed by atoms with E-state index in [1.165, 1.54) is 19.4 Å². The van der Waals surface area contributed by atoms with Crippen LogP contribution >= 0.6 is 0 Å². The van der Waals surface area contributed by atoms with Crippen LogP contribution in [0.1, 0.15) is 27.7 Å². The molecule has 0 fully saturated rings. The van der Waals surface area contributed by atoms with Crippen molar-refractivity contribution in [1.29, 1.82) is 0 Å². The summed E-state index contributed by atoms with van der Waals surface area (Å²) < 4.78 is 4.60. The molecule has 0 rings (SSSR count). The molecule has 0 amide bonds. The number of nitrogens with one attached hydrogen (secondary N) is 1. The van der Waals surface area contributed by atoms with Crippen LogP contribution in [0.3, 0.4) is 0 Å². The summed E-state index contributed by atoms with van der Waals surface area (Å²) in [7, 11) is 0. The first-order valence-electron chi connectivity index (χ1n) is 3.82. The Morgan fingerprint density at radius 3 is 2.14 bits per heavy atom. The molecule has 3 nitrogen and oxygen atoms in total. The van der Waals surface area contributed by atoms with Crippen molar-refractivity contribution in [3.63, 3.8) is 0 Å². The maximum atomic E-state index is 7.51. The van der Waals surface area contributed by atoms with Gasteiger partial charge in [0.2, 0.25) is 0 Å². The minimum atomic E-state index is 0. The average molecular weight is 624 g/mol. The van der Waals surface area contributed by atoms with Crippen LogP contribution in [0.25, 0.3) is 5.73 Å². The Balaban J connectivity index is -0.000000376. The predicted octanol–water partition coefficient (Wildman–Crippen LogP) is 2.67. The molecule has 0 aromatic carbocycles. The summed E-state index contributed by atoms with van der Waals surface area (Å²) >= 11 is 3.28. The van der Waals surface area contributed by atoms with E-state index in [4.69, 9.17) is 5.73 Å². The molecule has 0 saturated carbocycles. The Labute approximate surface area is 130 Å². The van der Waals surface area contributed by atoms with Gasteiger partial charge in [0, 0.05) is 31.1 Å². The van der Waals surface area contributed by atoms with Crippen molar-refractivity contribution in [1.82, 2.24) is 0 Å². The molecule has 0 aliphatic carbocycles. The largest absolute Gasteiger partial charge is 0 e. The first kappa shape index (κ1) is 20.6. The van der Waals surface area contributed by atoms with E-state index in [1.54, 1.807) is 13.8 Å². The second kappa shape index (κ2) is 14.2. The SMILES string of the molecule is CC.C[C-]=N/C(C)=C(/[NH-])[C](=[W])[N]=[V].[U]. The van der Waals surface area contributed by atoms with Gasteiger partial charge in [-0.2, -0.15) is 0 Å². The Hall–Kier alpha value is 1.20. The van der Waals surface area contributed by atoms with E-state index >= 15 is 0 Å². The van der Waals surface area contributed by atoms with Crippen molar-refractivity contribution in [3.05, 3.63) is 17.1 Å². The van der Waals surface area contributed by atoms with Crippen LogP contribution in [0, 0.1) is 31.1 Å². The summed E-state index contributed by atoms with van der Waals surface area (Å²) in [6, 6.07) is 0. The molecule has 0 radical (unpaired) electrons. The number of aliphatic imine (C=N–C) groups is 1. The van der Waals surface area contributed by atoms with Gasteiger partial charge in [-0.1, -0.05) is 13.8 Å². The molecule has 0 heterocycles. The van der Waals surface area contributed by atoms with E-state index in [1.807, 2.05) is 13.8 Å². The third-order valence-corrected chi connectivity index (χ3v) is 3.17. The zero-order chi connectivity index (χ0) is 10.9. The van der Waals surface area contributed by atoms with Crippen molar-refractivity contribution < 1.29 is 67.7 Å². The summed E-state index contributed by atoms with van der Waals surface area (Å²) in [4.78, 5) is 3.86. The molecule has 0 aromatic heterocycles. The van der Waals surface area contributed by atoms with Crippen LogP contribution in [-0.4, -0.2) is 10.2 Å². The molecular formula is C8H13N3UVW-2. The zero-order valence-corrected chi connectivity index (χ0v) is 17.2. The van der Waals surface area contributed by atoms with E-state index in [9.17, 15) is 0 Å². The fraction of sp³-hybridized carbons (Fsp3) is 0.500. The predicted molar refractivity (Wildman–Crippen MR) is 48.9 cm³/mol. The summed E-state index contributed by atoms with van der Waals surface area (Å²) in [6.45, 7) is 7.48. The third-order valence-electron chi connectivity index (χ3n) is 0.946. The minimum absolute atomic E-state index is 0. The van der Waals surface area contributed by atoms with Gasteiger partial charge in [0.15, 0.2) is 0 Å². The molecule has 77 valence electrons. The van der Waals surface area contributed by atoms with Gasteiger partial charge in [0.05, 0.1) is 0 Å². The average Bonchev–Trinajstić information content (AvgIpc) is 2.19. The topological polar surface area (TPSA) is 48.5 Å². The van der Waals surface area contributed by atoms with Gasteiger partial charge in [-0.3, -0.25) is 0 Å². The van der Waals surface area contributed by atoms with E-state index in [2.05, 4.69) is 32.2 Å². The molecule has 0 atom stereocenters. The molecular weight excluding hydrogens is 611 g/mol. The molecule has 0 bridgehead atoms. The van der Waals surface area contributed by atoms with Gasteiger partial charge in [-0.25, -0.2) is 0 Å². The first-order chi connectivity index (χ1) is 6.13. The standard InChI is InChI=1S/C6H7N3.C2H6.U.V.W/c1-3-9-5(2)6(8)4-7;1-2;;;/h8H,1-2H3;1-2H3;;;/q-2;;;;/b6-5+;;;;. The van der Waals surface area contributed by atoms with E-state index in [-0.39, 0.29) is 31.1 Å². The molecule has 0 aromatic rings. The van der Waals surface area contributed by atoms with Crippen molar-refractivity contribution in [2.75, 3.05) is 0 Å². The monoisotopic (exact) mass is 624 g/mol. The number of hydrogen-bond acceptors (Lipinski definition) is 2. The quantitative estimate of drug-likeness (QED) is 0.343. The number of hydrogen-bond donors (Lipinski definition) is 0. The minimum Gasteiger partial charge on any atom is 0 e. The molecule has 6 heteroatoms. The maximum absolute atomic E-state index is 7.51. The normalized spacial score (nSPS) is 10.5. The van der Waals surface area contributed by atoms with Gasteiger partial charge >= 0.3 is 86.6 Å². The molecule has 0 aliphatic heterocycles. The maximum Gasteiger partial charge on any atom is 0 e. The summed E-state index contributed by atoms with van der Waals surface area (Å²) in [5.41, 5.74) is 8.57. The number of allylic oxidation sites excluding steroid dienone is 1. The van der Waals surface area contributed by atoms with Gasteiger partial charge < -0.3 is 0 Å². The Morgan fingerprint density at radius 1 is 1.43 bits per heavy atom. The van der Waals surface area contributed by atoms with Crippen LogP contribution in [0.5, 0.6) is 0 Å². The fourth-order valence-electron chi connectivity index (χ4n) is 0.428. The molecule has 0 unspecified atom stereocenters. The number of nitrogens with zero attached hydrogens (tertiary/aromatic N) is 2. The molecule has 14 heavy (non-hydrogen) atoms. The van der Waals surface area contributed by atoms with Gasteiger partial charge in [0.25, 0.3) is 0 Å². The second-order valence-corrected chi connectivity index (χ2v) is 3.40. The molecule has 0 spiro atoms. The third kappa shape index (κ3) is 9.75. The van der Waals surface area contributed by atoms with Crippen molar-refractivity contribution in [2.45, 2.75) is 27.7 Å². The fourth-order valence-corrected chi connectivity index (χ4v) is 1.12. The number of rotatable bonds is 3. The van der Waals surface area contributed by atoms with Crippen LogP contribution in [0.15, 0.2) is 20.2 Å². The van der Waals surface area contributed by atoms with E-state index < -0.39 is 0 Å². The molecule has 0 aliphatic rings. The van der Waals surface area contributed by atoms with Crippen LogP contribution in [0.2, 0.25) is 0 Å². The van der Waals surface area contributed by atoms with Crippen molar-refractivity contribution in [3.8, 4) is 0 Å². The summed E-state index contributed by atoms with van der Waals surface area (Å²) in [6.07, 6.45) is 2.62. The Morgan fingerprint density at radius 2 is 1.86 bits per heavy atom. The first-order valence-corrected chi connectivity index (χ1v) is 5.92. The van der Waals surface area contributed by atoms with Crippen molar-refractivity contribution in [2.24, 2.45) is 8.78 Å². The van der Waals surface area contributed by atoms with Crippen LogP contribution in [0.4, 0.5) is 0 Å².